The number of amides is 1. The summed E-state index contributed by atoms with van der Waals surface area (Å²) in [6.45, 7) is 2.67. The second-order valence-electron chi connectivity index (χ2n) is 25.6. The molecule has 2 aromatic carbocycles. The van der Waals surface area contributed by atoms with E-state index in [1.165, 1.54) is 51.0 Å². The molecule has 7 heterocycles. The second-order valence-corrected chi connectivity index (χ2v) is 28.2. The topological polar surface area (TPSA) is 147 Å². The number of esters is 1. The summed E-state index contributed by atoms with van der Waals surface area (Å²) in [5, 5.41) is 29.0. The Morgan fingerprint density at radius 2 is 1.82 bits per heavy atom. The summed E-state index contributed by atoms with van der Waals surface area (Å²) >= 11 is 0. The highest BCUT2D eigenvalue weighted by molar-refractivity contribution is 8.77. The van der Waals surface area contributed by atoms with E-state index >= 15 is 4.79 Å². The van der Waals surface area contributed by atoms with Crippen LogP contribution in [-0.4, -0.2) is 74.0 Å². The van der Waals surface area contributed by atoms with Gasteiger partial charge in [-0.3, -0.25) is 14.6 Å². The van der Waals surface area contributed by atoms with Gasteiger partial charge in [-0.1, -0.05) is 63.9 Å². The fourth-order valence-electron chi connectivity index (χ4n) is 18.3. The highest BCUT2D eigenvalue weighted by atomic mass is 33.1. The van der Waals surface area contributed by atoms with Crippen LogP contribution in [0.2, 0.25) is 0 Å². The van der Waals surface area contributed by atoms with Crippen molar-refractivity contribution in [1.82, 2.24) is 10.2 Å². The second kappa shape index (κ2) is 18.5. The summed E-state index contributed by atoms with van der Waals surface area (Å²) in [4.78, 5) is 35.5. The number of aliphatic imine (C=N–C) groups is 1. The van der Waals surface area contributed by atoms with E-state index in [1.807, 2.05) is 4.90 Å². The molecule has 0 aromatic heterocycles. The molecule has 1 amide bonds. The molecule has 12 atom stereocenters. The highest BCUT2D eigenvalue weighted by Crippen LogP contribution is 2.67. The highest BCUT2D eigenvalue weighted by Gasteiger charge is 2.65. The first-order chi connectivity index (χ1) is 35.3. The van der Waals surface area contributed by atoms with E-state index in [4.69, 9.17) is 20.2 Å². The molecule has 7 fully saturated rings. The van der Waals surface area contributed by atoms with Crippen molar-refractivity contribution in [3.63, 3.8) is 0 Å². The van der Waals surface area contributed by atoms with Gasteiger partial charge in [-0.2, -0.15) is 0 Å². The third-order valence-corrected chi connectivity index (χ3v) is 25.3. The maximum absolute atomic E-state index is 15.2. The molecule has 14 bridgehead atoms. The first-order valence-electron chi connectivity index (χ1n) is 28.7. The lowest BCUT2D eigenvalue weighted by atomic mass is 9.60. The van der Waals surface area contributed by atoms with Gasteiger partial charge in [-0.15, -0.1) is 5.92 Å². The normalized spacial score (nSPS) is 42.6. The number of rotatable bonds is 2. The minimum atomic E-state index is -0.802. The van der Waals surface area contributed by atoms with Gasteiger partial charge < -0.3 is 35.6 Å². The zero-order valence-electron chi connectivity index (χ0n) is 43.1. The number of aromatic hydroxyl groups is 1. The van der Waals surface area contributed by atoms with Gasteiger partial charge in [0, 0.05) is 78.8 Å². The van der Waals surface area contributed by atoms with E-state index in [2.05, 4.69) is 87.3 Å². The molecule has 10 nitrogen and oxygen atoms in total. The van der Waals surface area contributed by atoms with Crippen LogP contribution in [0.1, 0.15) is 182 Å². The van der Waals surface area contributed by atoms with E-state index < -0.39 is 28.1 Å². The van der Waals surface area contributed by atoms with Gasteiger partial charge in [0.1, 0.15) is 16.1 Å². The average molecular weight is 1030 g/mol. The fraction of sp³-hybridized carbons (Fsp3) is 0.689. The average Bonchev–Trinajstić information content (AvgIpc) is 4.17. The van der Waals surface area contributed by atoms with Crippen LogP contribution < -0.4 is 15.8 Å². The van der Waals surface area contributed by atoms with Gasteiger partial charge in [0.15, 0.2) is 17.5 Å². The zero-order valence-corrected chi connectivity index (χ0v) is 44.8. The van der Waals surface area contributed by atoms with E-state index in [1.54, 1.807) is 0 Å². The number of hydrogen-bond acceptors (Lipinski definition) is 11. The number of fused-ring (bicyclic) bond motifs is 3. The summed E-state index contributed by atoms with van der Waals surface area (Å²) in [7, 11) is 4.11. The van der Waals surface area contributed by atoms with Crippen LogP contribution in [-0.2, 0) is 27.3 Å². The lowest BCUT2D eigenvalue weighted by molar-refractivity contribution is -0.170. The lowest BCUT2D eigenvalue weighted by Gasteiger charge is -2.46. The number of carbonyl (C=O) groups excluding carboxylic acids is 2. The van der Waals surface area contributed by atoms with Crippen LogP contribution in [0.3, 0.4) is 0 Å². The van der Waals surface area contributed by atoms with Gasteiger partial charge in [-0.05, 0) is 181 Å². The van der Waals surface area contributed by atoms with E-state index in [9.17, 15) is 15.0 Å². The summed E-state index contributed by atoms with van der Waals surface area (Å²) in [5.41, 5.74) is 9.00. The minimum absolute atomic E-state index is 0.0722. The van der Waals surface area contributed by atoms with Crippen molar-refractivity contribution >= 4 is 39.4 Å². The van der Waals surface area contributed by atoms with Crippen LogP contribution in [0.4, 0.5) is 0 Å². The number of aliphatic hydroxyl groups is 1. The number of aliphatic hydroxyl groups excluding tert-OH is 1. The van der Waals surface area contributed by atoms with Crippen LogP contribution in [0.25, 0.3) is 0 Å². The molecule has 5 N–H and O–H groups in total. The lowest BCUT2D eigenvalue weighted by Crippen LogP contribution is -2.56. The standard InChI is InChI=1S/C61H78N4O6S2/c1-39(66)70-58-27-17-44-30-46(53(69)54-52(44)45-18-29-60(71-54)23-6-11-47(60)31-45)35-65-38-59(34-51(65)68)49(43-9-3-2-4-10-43)20-26-57(59)21-5-8-40-16-25-56(32-40)22-7-24-61(56,64-55(62)63-37-57)73-72-36-41-12-14-42(15-13-41)48(19-28-58)50(67)33-58/h2-4,9-10,18,29-30,40-42,45,47-50,67,69H,6-8,11-17,19-20,22-28,31-38H2,1H3,(H3,62,63,64). The van der Waals surface area contributed by atoms with Crippen LogP contribution >= 0.6 is 21.6 Å². The maximum Gasteiger partial charge on any atom is 0.303 e. The summed E-state index contributed by atoms with van der Waals surface area (Å²) in [6, 6.07) is 13.0. The first-order valence-corrected chi connectivity index (χ1v) is 31.0. The van der Waals surface area contributed by atoms with Gasteiger partial charge in [0.05, 0.1) is 18.1 Å². The number of carbonyl (C=O) groups is 2. The Morgan fingerprint density at radius 1 is 0.959 bits per heavy atom. The molecule has 12 unspecified atom stereocenters. The predicted molar refractivity (Wildman–Crippen MR) is 289 cm³/mol. The molecule has 7 aliphatic heterocycles. The molecule has 14 aliphatic rings. The maximum atomic E-state index is 15.2. The van der Waals surface area contributed by atoms with Crippen molar-refractivity contribution in [1.29, 1.82) is 0 Å². The third-order valence-electron chi connectivity index (χ3n) is 22.0. The molecule has 12 heteroatoms. The minimum Gasteiger partial charge on any atom is -0.504 e. The Labute approximate surface area is 441 Å². The molecular weight excluding hydrogens is 949 g/mol. The van der Waals surface area contributed by atoms with Gasteiger partial charge in [0.25, 0.3) is 0 Å². The summed E-state index contributed by atoms with van der Waals surface area (Å²) < 4.78 is 13.6. The van der Waals surface area contributed by atoms with E-state index in [-0.39, 0.29) is 52.2 Å². The molecule has 5 spiro atoms. The van der Waals surface area contributed by atoms with Crippen LogP contribution in [0, 0.1) is 57.7 Å². The molecule has 1 saturated heterocycles. The Balaban J connectivity index is 0.925. The van der Waals surface area contributed by atoms with Crippen LogP contribution in [0.15, 0.2) is 53.5 Å². The van der Waals surface area contributed by atoms with Gasteiger partial charge >= 0.3 is 5.97 Å². The Bertz CT molecular complexity index is 2640. The van der Waals surface area contributed by atoms with Crippen molar-refractivity contribution < 1.29 is 29.3 Å². The number of nitrogens with one attached hydrogen (secondary N) is 1. The van der Waals surface area contributed by atoms with Crippen molar-refractivity contribution in [2.24, 2.45) is 56.6 Å². The third kappa shape index (κ3) is 8.09. The molecule has 7 aliphatic carbocycles. The van der Waals surface area contributed by atoms with E-state index in [0.717, 1.165) is 100 Å². The number of benzene rings is 2. The predicted octanol–water partition coefficient (Wildman–Crippen LogP) is 11.2. The molecule has 390 valence electrons. The molecule has 2 aromatic rings. The molecule has 73 heavy (non-hydrogen) atoms. The molecule has 0 radical (unpaired) electrons. The Morgan fingerprint density at radius 3 is 2.66 bits per heavy atom. The molecule has 16 rings (SSSR count). The number of nitrogens with zero attached hydrogens (tertiary/aromatic N) is 2. The quantitative estimate of drug-likeness (QED) is 0.0992. The van der Waals surface area contributed by atoms with Crippen molar-refractivity contribution in [3.8, 4) is 23.3 Å². The largest absolute Gasteiger partial charge is 0.504 e. The summed E-state index contributed by atoms with van der Waals surface area (Å²) in [5.74, 6) is 12.3. The Hall–Kier alpha value is -3.79. The monoisotopic (exact) mass is 1030 g/mol. The number of ether oxygens (including phenoxy) is 2. The first kappa shape index (κ1) is 48.8. The number of phenolic OH excluding ortho intramolecular Hbond substituents is 1. The number of allylic oxidation sites excluding steroid dienone is 1. The van der Waals surface area contributed by atoms with Crippen LogP contribution in [0.5, 0.6) is 11.5 Å². The number of guanidine groups is 1. The van der Waals surface area contributed by atoms with E-state index in [0.29, 0.717) is 79.7 Å². The number of nitrogens with two attached hydrogens (primary N) is 1. The van der Waals surface area contributed by atoms with Gasteiger partial charge in [-0.25, -0.2) is 0 Å². The summed E-state index contributed by atoms with van der Waals surface area (Å²) in [6.07, 6.45) is 25.7. The van der Waals surface area contributed by atoms with Gasteiger partial charge in [0.2, 0.25) is 5.91 Å². The number of phenols is 1. The number of aryl methyl sites for hydroxylation is 1. The Kier molecular flexibility index (Phi) is 12.3. The SMILES string of the molecule is CC(=O)OC12CCc3cc(c(O)c4c3C3C=CC5(CCCC5C3)O4)CN3CC4(CC3=O)C(c3ccccc3)CCC43C#CCC4CCC5(CCCC5(NC(N)=NC3)SSCC3CCC(CC3)C(CC1)C(O)C2)C4. The molecular formula is C61H78N4O6S2. The van der Waals surface area contributed by atoms with Crippen molar-refractivity contribution in [3.05, 3.63) is 70.8 Å². The van der Waals surface area contributed by atoms with Crippen molar-refractivity contribution in [2.45, 2.75) is 195 Å². The number of hydrogen-bond donors (Lipinski definition) is 4. The molecule has 6 saturated carbocycles. The van der Waals surface area contributed by atoms with Crippen molar-refractivity contribution in [2.75, 3.05) is 18.8 Å². The fourth-order valence-corrected chi connectivity index (χ4v) is 22.2. The smallest absolute Gasteiger partial charge is 0.303 e. The zero-order chi connectivity index (χ0) is 49.8.